The van der Waals surface area contributed by atoms with Gasteiger partial charge in [0.25, 0.3) is 0 Å². The Hall–Kier alpha value is -3.49. The summed E-state index contributed by atoms with van der Waals surface area (Å²) in [7, 11) is 0. The van der Waals surface area contributed by atoms with E-state index >= 15 is 0 Å². The zero-order valence-corrected chi connectivity index (χ0v) is 16.9. The maximum atomic E-state index is 6.51. The average molecular weight is 402 g/mol. The van der Waals surface area contributed by atoms with Gasteiger partial charge in [0.15, 0.2) is 0 Å². The highest BCUT2D eigenvalue weighted by Crippen LogP contribution is 2.45. The molecule has 2 aliphatic rings. The van der Waals surface area contributed by atoms with Crippen LogP contribution in [0.3, 0.4) is 0 Å². The summed E-state index contributed by atoms with van der Waals surface area (Å²) in [5.74, 6) is 1.61. The molecule has 4 aromatic rings. The minimum atomic E-state index is 0.750. The molecule has 0 atom stereocenters. The molecular formula is C28H17OS. The zero-order chi connectivity index (χ0) is 19.9. The van der Waals surface area contributed by atoms with Crippen molar-refractivity contribution in [3.05, 3.63) is 125 Å². The lowest BCUT2D eigenvalue weighted by Crippen LogP contribution is -2.00. The predicted molar refractivity (Wildman–Crippen MR) is 124 cm³/mol. The van der Waals surface area contributed by atoms with E-state index in [1.807, 2.05) is 12.1 Å². The third-order valence-electron chi connectivity index (χ3n) is 5.51. The molecule has 0 amide bonds. The fourth-order valence-corrected chi connectivity index (χ4v) is 5.03. The zero-order valence-electron chi connectivity index (χ0n) is 16.1. The van der Waals surface area contributed by atoms with Crippen LogP contribution in [0.25, 0.3) is 27.8 Å². The third kappa shape index (κ3) is 2.80. The lowest BCUT2D eigenvalue weighted by atomic mass is 9.93. The largest absolute Gasteiger partial charge is 0.455 e. The molecule has 2 aliphatic heterocycles. The van der Waals surface area contributed by atoms with Gasteiger partial charge in [0.2, 0.25) is 0 Å². The van der Waals surface area contributed by atoms with Gasteiger partial charge in [0.05, 0.1) is 0 Å². The van der Waals surface area contributed by atoms with Gasteiger partial charge in [0, 0.05) is 22.1 Å². The molecule has 4 aromatic carbocycles. The second kappa shape index (κ2) is 7.08. The Balaban J connectivity index is 1.58. The Bertz CT molecular complexity index is 1350. The molecule has 0 aliphatic carbocycles. The van der Waals surface area contributed by atoms with E-state index in [0.717, 1.165) is 39.3 Å². The molecule has 1 radical (unpaired) electrons. The molecule has 1 nitrogen and oxygen atoms in total. The van der Waals surface area contributed by atoms with Crippen molar-refractivity contribution in [2.24, 2.45) is 0 Å². The molecule has 0 N–H and O–H groups in total. The normalized spacial score (nSPS) is 13.9. The van der Waals surface area contributed by atoms with E-state index in [1.54, 1.807) is 11.8 Å². The molecule has 6 rings (SSSR count). The van der Waals surface area contributed by atoms with Crippen LogP contribution >= 0.6 is 11.8 Å². The summed E-state index contributed by atoms with van der Waals surface area (Å²) in [5, 5.41) is 2.20. The Labute approximate surface area is 180 Å². The summed E-state index contributed by atoms with van der Waals surface area (Å²) in [5.41, 5.74) is 7.96. The molecule has 2 heteroatoms. The summed E-state index contributed by atoms with van der Waals surface area (Å²) in [6.07, 6.45) is 3.58. The predicted octanol–water partition coefficient (Wildman–Crippen LogP) is 7.59. The van der Waals surface area contributed by atoms with Crippen LogP contribution in [0, 0.1) is 6.08 Å². The molecule has 141 valence electrons. The van der Waals surface area contributed by atoms with Gasteiger partial charge in [-0.15, -0.1) is 0 Å². The minimum absolute atomic E-state index is 0.750. The van der Waals surface area contributed by atoms with Crippen LogP contribution in [0.5, 0.6) is 5.75 Å². The number of fused-ring (bicyclic) bond motifs is 6. The fourth-order valence-electron chi connectivity index (χ4n) is 4.09. The highest BCUT2D eigenvalue weighted by molar-refractivity contribution is 8.02. The van der Waals surface area contributed by atoms with Gasteiger partial charge in [0.1, 0.15) is 11.5 Å². The Morgan fingerprint density at radius 3 is 2.07 bits per heavy atom. The van der Waals surface area contributed by atoms with Crippen LogP contribution in [0.4, 0.5) is 0 Å². The molecule has 0 aromatic heterocycles. The topological polar surface area (TPSA) is 9.23 Å². The van der Waals surface area contributed by atoms with Crippen molar-refractivity contribution in [2.75, 3.05) is 0 Å². The van der Waals surface area contributed by atoms with Crippen LogP contribution in [-0.4, -0.2) is 0 Å². The number of hydrogen-bond acceptors (Lipinski definition) is 2. The summed E-state index contributed by atoms with van der Waals surface area (Å²) in [6.45, 7) is 0. The third-order valence-corrected chi connectivity index (χ3v) is 6.47. The Morgan fingerprint density at radius 2 is 1.20 bits per heavy atom. The monoisotopic (exact) mass is 401 g/mol. The van der Waals surface area contributed by atoms with Crippen molar-refractivity contribution in [3.8, 4) is 28.0 Å². The molecule has 0 saturated heterocycles. The van der Waals surface area contributed by atoms with Crippen LogP contribution < -0.4 is 4.74 Å². The minimum Gasteiger partial charge on any atom is -0.455 e. The summed E-state index contributed by atoms with van der Waals surface area (Å²) < 4.78 is 6.51. The number of hydrogen-bond donors (Lipinski definition) is 0. The Kier molecular flexibility index (Phi) is 4.10. The number of allylic oxidation sites excluding steroid dienone is 1. The first-order valence-electron chi connectivity index (χ1n) is 9.95. The maximum absolute atomic E-state index is 6.51. The molecule has 0 unspecified atom stereocenters. The number of benzene rings is 4. The van der Waals surface area contributed by atoms with E-state index < -0.39 is 0 Å². The molecular weight excluding hydrogens is 384 g/mol. The highest BCUT2D eigenvalue weighted by Gasteiger charge is 2.23. The van der Waals surface area contributed by atoms with Gasteiger partial charge in [-0.05, 0) is 45.4 Å². The molecule has 0 spiro atoms. The van der Waals surface area contributed by atoms with Gasteiger partial charge in [-0.2, -0.15) is 0 Å². The standard InChI is InChI=1S/C28H17OS/c1-2-10-20-19(9-1)17-27(29-26-15-7-5-13-23(20)26)25-18-30-28-16-8-6-14-24(28)21-11-3-4-12-22(21)25/h1-16,18H. The number of rotatable bonds is 1. The van der Waals surface area contributed by atoms with Crippen molar-refractivity contribution in [1.29, 1.82) is 0 Å². The fraction of sp³-hybridized carbons (Fsp3) is 0. The van der Waals surface area contributed by atoms with Crippen LogP contribution in [0.15, 0.2) is 113 Å². The molecule has 30 heavy (non-hydrogen) atoms. The number of thioether (sulfide) groups is 1. The quantitative estimate of drug-likeness (QED) is 0.325. The Morgan fingerprint density at radius 1 is 0.567 bits per heavy atom. The van der Waals surface area contributed by atoms with E-state index in [-0.39, 0.29) is 0 Å². The van der Waals surface area contributed by atoms with Gasteiger partial charge in [-0.25, -0.2) is 0 Å². The van der Waals surface area contributed by atoms with E-state index in [1.165, 1.54) is 16.0 Å². The lowest BCUT2D eigenvalue weighted by Gasteiger charge is -2.15. The second-order valence-corrected chi connectivity index (χ2v) is 8.20. The first-order chi connectivity index (χ1) is 14.9. The van der Waals surface area contributed by atoms with E-state index in [2.05, 4.69) is 96.4 Å². The smallest absolute Gasteiger partial charge is 0.144 e. The first-order valence-corrected chi connectivity index (χ1v) is 10.8. The number of ether oxygens (including phenoxy) is 1. The lowest BCUT2D eigenvalue weighted by molar-refractivity contribution is 0.450. The van der Waals surface area contributed by atoms with Crippen LogP contribution in [0.1, 0.15) is 11.1 Å². The average Bonchev–Trinajstić information content (AvgIpc) is 3.07. The van der Waals surface area contributed by atoms with Gasteiger partial charge < -0.3 is 4.74 Å². The van der Waals surface area contributed by atoms with Crippen molar-refractivity contribution in [3.63, 3.8) is 0 Å². The van der Waals surface area contributed by atoms with Gasteiger partial charge in [-0.1, -0.05) is 96.7 Å². The van der Waals surface area contributed by atoms with E-state index in [4.69, 9.17) is 4.74 Å². The number of para-hydroxylation sites is 1. The van der Waals surface area contributed by atoms with Crippen LogP contribution in [-0.2, 0) is 0 Å². The van der Waals surface area contributed by atoms with Crippen molar-refractivity contribution >= 4 is 17.3 Å². The molecule has 0 fully saturated rings. The second-order valence-electron chi connectivity index (χ2n) is 7.29. The van der Waals surface area contributed by atoms with Crippen molar-refractivity contribution < 1.29 is 4.74 Å². The van der Waals surface area contributed by atoms with E-state index in [9.17, 15) is 0 Å². The van der Waals surface area contributed by atoms with Crippen LogP contribution in [0.2, 0.25) is 0 Å². The van der Waals surface area contributed by atoms with Crippen molar-refractivity contribution in [2.45, 2.75) is 4.90 Å². The first kappa shape index (κ1) is 17.4. The van der Waals surface area contributed by atoms with Gasteiger partial charge in [-0.3, -0.25) is 0 Å². The SMILES string of the molecule is [C]1=C(C2=CSc3ccccc3-c3ccccc32)Oc2ccccc2-c2ccccc21. The molecule has 0 bridgehead atoms. The van der Waals surface area contributed by atoms with Crippen molar-refractivity contribution in [1.82, 2.24) is 0 Å². The maximum Gasteiger partial charge on any atom is 0.144 e. The van der Waals surface area contributed by atoms with E-state index in [0.29, 0.717) is 0 Å². The summed E-state index contributed by atoms with van der Waals surface area (Å²) in [4.78, 5) is 1.25. The molecule has 0 saturated carbocycles. The van der Waals surface area contributed by atoms with Gasteiger partial charge >= 0.3 is 0 Å². The summed E-state index contributed by atoms with van der Waals surface area (Å²) >= 11 is 1.73. The molecule has 2 heterocycles. The summed E-state index contributed by atoms with van der Waals surface area (Å²) in [6, 6.07) is 33.7. The highest BCUT2D eigenvalue weighted by atomic mass is 32.2.